The van der Waals surface area contributed by atoms with E-state index in [9.17, 15) is 13.2 Å². The first-order chi connectivity index (χ1) is 9.30. The van der Waals surface area contributed by atoms with Crippen molar-refractivity contribution in [1.82, 2.24) is 0 Å². The van der Waals surface area contributed by atoms with Gasteiger partial charge in [0.1, 0.15) is 0 Å². The molecule has 1 aliphatic carbocycles. The number of alkyl halides is 3. The van der Waals surface area contributed by atoms with Crippen molar-refractivity contribution in [2.24, 2.45) is 11.7 Å². The van der Waals surface area contributed by atoms with Crippen LogP contribution in [0.4, 0.5) is 13.2 Å². The lowest BCUT2D eigenvalue weighted by atomic mass is 9.88. The topological polar surface area (TPSA) is 26.0 Å². The summed E-state index contributed by atoms with van der Waals surface area (Å²) in [5.41, 5.74) is 5.65. The maximum absolute atomic E-state index is 10.7. The normalized spacial score (nSPS) is 16.7. The number of nitrogens with two attached hydrogens (primary N) is 1. The third kappa shape index (κ3) is 17.5. The van der Waals surface area contributed by atoms with Crippen molar-refractivity contribution >= 4 is 0 Å². The van der Waals surface area contributed by atoms with E-state index in [0.29, 0.717) is 0 Å². The van der Waals surface area contributed by atoms with Crippen molar-refractivity contribution in [3.63, 3.8) is 0 Å². The molecule has 1 rings (SSSR count). The molecule has 1 saturated carbocycles. The van der Waals surface area contributed by atoms with Crippen LogP contribution in [0.15, 0.2) is 11.6 Å². The summed E-state index contributed by atoms with van der Waals surface area (Å²) >= 11 is 0. The first-order valence-electron chi connectivity index (χ1n) is 7.69. The zero-order valence-electron chi connectivity index (χ0n) is 13.5. The van der Waals surface area contributed by atoms with Gasteiger partial charge in [-0.3, -0.25) is 0 Å². The van der Waals surface area contributed by atoms with E-state index < -0.39 is 12.7 Å². The van der Waals surface area contributed by atoms with Crippen LogP contribution >= 0.6 is 0 Å². The lowest BCUT2D eigenvalue weighted by Crippen LogP contribution is -2.21. The van der Waals surface area contributed by atoms with Crippen LogP contribution in [0.2, 0.25) is 0 Å². The first-order valence-corrected chi connectivity index (χ1v) is 7.69. The molecule has 0 saturated heterocycles. The summed E-state index contributed by atoms with van der Waals surface area (Å²) in [6.07, 6.45) is 8.08. The highest BCUT2D eigenvalue weighted by molar-refractivity contribution is 4.93. The molecule has 0 aromatic heterocycles. The van der Waals surface area contributed by atoms with E-state index in [-0.39, 0.29) is 0 Å². The van der Waals surface area contributed by atoms with Crippen molar-refractivity contribution in [3.8, 4) is 0 Å². The molecular weight excluding hydrogens is 263 g/mol. The lowest BCUT2D eigenvalue weighted by Gasteiger charge is -2.18. The largest absolute Gasteiger partial charge is 0.400 e. The molecule has 0 bridgehead atoms. The molecular formula is C16H32F3N. The second-order valence-electron chi connectivity index (χ2n) is 5.22. The Labute approximate surface area is 122 Å². The quantitative estimate of drug-likeness (QED) is 0.636. The Morgan fingerprint density at radius 3 is 1.75 bits per heavy atom. The van der Waals surface area contributed by atoms with Crippen LogP contribution in [-0.2, 0) is 0 Å². The van der Waals surface area contributed by atoms with Gasteiger partial charge in [-0.1, -0.05) is 64.0 Å². The van der Waals surface area contributed by atoms with Crippen LogP contribution in [0.25, 0.3) is 0 Å². The van der Waals surface area contributed by atoms with Crippen molar-refractivity contribution in [2.45, 2.75) is 78.8 Å². The summed E-state index contributed by atoms with van der Waals surface area (Å²) in [7, 11) is 0. The summed E-state index contributed by atoms with van der Waals surface area (Å²) in [4.78, 5) is 0. The minimum atomic E-state index is -4.18. The van der Waals surface area contributed by atoms with Gasteiger partial charge >= 0.3 is 6.18 Å². The van der Waals surface area contributed by atoms with Crippen molar-refractivity contribution in [3.05, 3.63) is 11.6 Å². The summed E-state index contributed by atoms with van der Waals surface area (Å²) in [6.45, 7) is 7.46. The van der Waals surface area contributed by atoms with Gasteiger partial charge in [-0.25, -0.2) is 0 Å². The minimum Gasteiger partial charge on any atom is -0.323 e. The average molecular weight is 295 g/mol. The molecule has 2 N–H and O–H groups in total. The van der Waals surface area contributed by atoms with Gasteiger partial charge < -0.3 is 5.73 Å². The molecule has 0 aromatic rings. The van der Waals surface area contributed by atoms with E-state index >= 15 is 0 Å². The molecule has 4 heteroatoms. The number of hydrogen-bond acceptors (Lipinski definition) is 1. The van der Waals surface area contributed by atoms with Crippen molar-refractivity contribution < 1.29 is 13.2 Å². The van der Waals surface area contributed by atoms with Gasteiger partial charge in [0.05, 0.1) is 6.54 Å². The Morgan fingerprint density at radius 2 is 1.60 bits per heavy atom. The van der Waals surface area contributed by atoms with Gasteiger partial charge in [-0.15, -0.1) is 0 Å². The van der Waals surface area contributed by atoms with Crippen LogP contribution in [-0.4, -0.2) is 12.7 Å². The molecule has 0 amide bonds. The third-order valence-electron chi connectivity index (χ3n) is 3.58. The average Bonchev–Trinajstić information content (AvgIpc) is 2.47. The summed E-state index contributed by atoms with van der Waals surface area (Å²) in [5.74, 6) is 1.09. The van der Waals surface area contributed by atoms with Crippen LogP contribution in [0.1, 0.15) is 72.6 Å². The fourth-order valence-corrected chi connectivity index (χ4v) is 1.80. The number of rotatable bonds is 2. The smallest absolute Gasteiger partial charge is 0.323 e. The first kappa shape index (κ1) is 21.8. The highest BCUT2D eigenvalue weighted by Crippen LogP contribution is 2.25. The van der Waals surface area contributed by atoms with E-state index in [1.54, 1.807) is 0 Å². The molecule has 0 spiro atoms. The molecule has 1 aliphatic rings. The van der Waals surface area contributed by atoms with Gasteiger partial charge in [-0.05, 0) is 26.2 Å². The summed E-state index contributed by atoms with van der Waals surface area (Å²) < 4.78 is 32.0. The Kier molecular flexibility index (Phi) is 14.7. The Morgan fingerprint density at radius 1 is 1.15 bits per heavy atom. The van der Waals surface area contributed by atoms with Gasteiger partial charge in [0.15, 0.2) is 0 Å². The Hall–Kier alpha value is -0.510. The van der Waals surface area contributed by atoms with Gasteiger partial charge in [-0.2, -0.15) is 13.2 Å². The van der Waals surface area contributed by atoms with E-state index in [4.69, 9.17) is 0 Å². The maximum atomic E-state index is 10.7. The van der Waals surface area contributed by atoms with Crippen LogP contribution in [0.5, 0.6) is 0 Å². The molecule has 0 unspecified atom stereocenters. The van der Waals surface area contributed by atoms with Gasteiger partial charge in [0, 0.05) is 0 Å². The van der Waals surface area contributed by atoms with Crippen LogP contribution in [0.3, 0.4) is 0 Å². The molecule has 1 nitrogen and oxygen atoms in total. The lowest BCUT2D eigenvalue weighted by molar-refractivity contribution is -0.118. The highest BCUT2D eigenvalue weighted by atomic mass is 19.4. The zero-order chi connectivity index (χ0) is 16.0. The number of allylic oxidation sites excluding steroid dienone is 2. The fraction of sp³-hybridized carbons (Fsp3) is 0.875. The molecule has 1 fully saturated rings. The molecule has 0 atom stereocenters. The predicted molar refractivity (Wildman–Crippen MR) is 81.7 cm³/mol. The molecule has 0 heterocycles. The molecule has 122 valence electrons. The van der Waals surface area contributed by atoms with E-state index in [1.165, 1.54) is 50.5 Å². The Bertz CT molecular complexity index is 228. The van der Waals surface area contributed by atoms with Crippen molar-refractivity contribution in [1.29, 1.82) is 0 Å². The van der Waals surface area contributed by atoms with E-state index in [1.807, 2.05) is 0 Å². The highest BCUT2D eigenvalue weighted by Gasteiger charge is 2.23. The van der Waals surface area contributed by atoms with Gasteiger partial charge in [0.2, 0.25) is 0 Å². The van der Waals surface area contributed by atoms with E-state index in [0.717, 1.165) is 5.92 Å². The monoisotopic (exact) mass is 295 g/mol. The molecule has 0 radical (unpaired) electrons. The molecule has 0 aromatic carbocycles. The SMILES string of the molecule is C/C=C(\C)CC.CCC1CCCCC1.NCC(F)(F)F. The fourth-order valence-electron chi connectivity index (χ4n) is 1.80. The maximum Gasteiger partial charge on any atom is 0.400 e. The second kappa shape index (κ2) is 13.5. The standard InChI is InChI=1S/C8H16.C6H12.C2H4F3N/c1-2-8-6-4-3-5-7-8;1-4-6(3)5-2;3-2(4,5)1-6/h8H,2-7H2,1H3;4H,5H2,1-3H3;1,6H2/b;6-4+;. The van der Waals surface area contributed by atoms with Crippen LogP contribution < -0.4 is 5.73 Å². The second-order valence-corrected chi connectivity index (χ2v) is 5.22. The molecule has 20 heavy (non-hydrogen) atoms. The zero-order valence-corrected chi connectivity index (χ0v) is 13.5. The van der Waals surface area contributed by atoms with E-state index in [2.05, 4.69) is 39.5 Å². The van der Waals surface area contributed by atoms with Crippen LogP contribution in [0, 0.1) is 5.92 Å². The number of hydrogen-bond donors (Lipinski definition) is 1. The van der Waals surface area contributed by atoms with Crippen molar-refractivity contribution in [2.75, 3.05) is 6.54 Å². The summed E-state index contributed by atoms with van der Waals surface area (Å²) in [5, 5.41) is 0. The third-order valence-corrected chi connectivity index (χ3v) is 3.58. The van der Waals surface area contributed by atoms with Gasteiger partial charge in [0.25, 0.3) is 0 Å². The summed E-state index contributed by atoms with van der Waals surface area (Å²) in [6, 6.07) is 0. The molecule has 0 aliphatic heterocycles. The minimum absolute atomic E-state index is 1.09. The predicted octanol–water partition coefficient (Wildman–Crippen LogP) is 5.85. The number of halogens is 3. The Balaban J connectivity index is 0.